The standard InChI is InChI=1S/3C8H16O2.B/c3*1-2-3-4-5-6-7-8(9)10;/h3*2-7H2,1H3,(H,9,10);/q;;;+3/p-3. The Bertz CT molecular complexity index is 331. The Morgan fingerprint density at radius 3 is 0.774 bits per heavy atom. The van der Waals surface area contributed by atoms with Gasteiger partial charge in [0.05, 0.1) is 0 Å². The first-order chi connectivity index (χ1) is 14.3. The zero-order chi connectivity index (χ0) is 23.5. The minimum Gasteiger partial charge on any atom is -0.550 e. The number of carbonyl (C=O) groups is 3. The largest absolute Gasteiger partial charge is 3.00 e. The van der Waals surface area contributed by atoms with Crippen molar-refractivity contribution < 1.29 is 29.7 Å². The molecule has 0 fully saturated rings. The van der Waals surface area contributed by atoms with Crippen molar-refractivity contribution in [3.8, 4) is 0 Å². The number of aliphatic carboxylic acids is 3. The summed E-state index contributed by atoms with van der Waals surface area (Å²) >= 11 is 0. The molecule has 0 spiro atoms. The second kappa shape index (κ2) is 33.1. The summed E-state index contributed by atoms with van der Waals surface area (Å²) in [5.74, 6) is -2.76. The molecule has 0 bridgehead atoms. The van der Waals surface area contributed by atoms with E-state index in [0.717, 1.165) is 57.8 Å². The van der Waals surface area contributed by atoms with Gasteiger partial charge in [0.1, 0.15) is 0 Å². The molecular weight excluding hydrogens is 395 g/mol. The number of unbranched alkanes of at least 4 members (excludes halogenated alkanes) is 12. The maximum absolute atomic E-state index is 9.92. The summed E-state index contributed by atoms with van der Waals surface area (Å²) in [5.41, 5.74) is 0. The molecule has 31 heavy (non-hydrogen) atoms. The van der Waals surface area contributed by atoms with E-state index in [1.165, 1.54) is 38.5 Å². The normalized spacial score (nSPS) is 9.39. The van der Waals surface area contributed by atoms with Crippen molar-refractivity contribution >= 4 is 26.3 Å². The van der Waals surface area contributed by atoms with E-state index in [0.29, 0.717) is 0 Å². The molecule has 0 atom stereocenters. The van der Waals surface area contributed by atoms with Crippen LogP contribution in [0.15, 0.2) is 0 Å². The van der Waals surface area contributed by atoms with Crippen molar-refractivity contribution in [1.82, 2.24) is 0 Å². The van der Waals surface area contributed by atoms with Crippen LogP contribution < -0.4 is 15.3 Å². The van der Waals surface area contributed by atoms with E-state index in [1.807, 2.05) is 0 Å². The Balaban J connectivity index is -0.000000174. The Hall–Kier alpha value is -1.53. The summed E-state index contributed by atoms with van der Waals surface area (Å²) in [6.45, 7) is 6.41. The quantitative estimate of drug-likeness (QED) is 0.239. The van der Waals surface area contributed by atoms with Gasteiger partial charge in [-0.25, -0.2) is 0 Å². The molecule has 0 amide bonds. The zero-order valence-corrected chi connectivity index (χ0v) is 20.3. The van der Waals surface area contributed by atoms with Crippen molar-refractivity contribution in [2.75, 3.05) is 0 Å². The molecule has 0 radical (unpaired) electrons. The van der Waals surface area contributed by atoms with Crippen LogP contribution in [0.3, 0.4) is 0 Å². The van der Waals surface area contributed by atoms with Crippen LogP contribution in [0.25, 0.3) is 0 Å². The van der Waals surface area contributed by atoms with Crippen molar-refractivity contribution in [2.24, 2.45) is 0 Å². The summed E-state index contributed by atoms with van der Waals surface area (Å²) in [5, 5.41) is 29.8. The second-order valence-corrected chi connectivity index (χ2v) is 7.61. The molecule has 0 saturated heterocycles. The van der Waals surface area contributed by atoms with Crippen LogP contribution in [-0.4, -0.2) is 26.3 Å². The molecule has 0 rings (SSSR count). The molecule has 0 aliphatic heterocycles. The van der Waals surface area contributed by atoms with Gasteiger partial charge in [-0.1, -0.05) is 97.8 Å². The van der Waals surface area contributed by atoms with Gasteiger partial charge in [-0.05, 0) is 38.5 Å². The summed E-state index contributed by atoms with van der Waals surface area (Å²) in [7, 11) is 0. The van der Waals surface area contributed by atoms with Crippen LogP contribution in [0.2, 0.25) is 0 Å². The number of carbonyl (C=O) groups excluding carboxylic acids is 3. The molecule has 0 unspecified atom stereocenters. The predicted molar refractivity (Wildman–Crippen MR) is 121 cm³/mol. The maximum atomic E-state index is 9.92. The van der Waals surface area contributed by atoms with Crippen LogP contribution in [0, 0.1) is 0 Å². The Morgan fingerprint density at radius 2 is 0.613 bits per heavy atom. The van der Waals surface area contributed by atoms with Gasteiger partial charge in [0.15, 0.2) is 0 Å². The van der Waals surface area contributed by atoms with Gasteiger partial charge in [0, 0.05) is 17.9 Å². The van der Waals surface area contributed by atoms with Crippen LogP contribution >= 0.6 is 0 Å². The first-order valence-electron chi connectivity index (χ1n) is 11.9. The topological polar surface area (TPSA) is 120 Å². The molecule has 0 aliphatic carbocycles. The van der Waals surface area contributed by atoms with Gasteiger partial charge in [-0.2, -0.15) is 0 Å². The Morgan fingerprint density at radius 1 is 0.419 bits per heavy atom. The van der Waals surface area contributed by atoms with E-state index >= 15 is 0 Å². The number of hydrogen-bond acceptors (Lipinski definition) is 6. The van der Waals surface area contributed by atoms with Gasteiger partial charge in [-0.3, -0.25) is 0 Å². The SMILES string of the molecule is CCCCCCCC(=O)[O-].CCCCCCCC(=O)[O-].CCCCCCCC(=O)[O-].[B+3]. The van der Waals surface area contributed by atoms with Gasteiger partial charge < -0.3 is 29.7 Å². The summed E-state index contributed by atoms with van der Waals surface area (Å²) in [4.78, 5) is 29.8. The van der Waals surface area contributed by atoms with Gasteiger partial charge >= 0.3 is 8.41 Å². The third-order valence-electron chi connectivity index (χ3n) is 4.45. The average molecular weight is 440 g/mol. The molecule has 180 valence electrons. The van der Waals surface area contributed by atoms with E-state index in [4.69, 9.17) is 0 Å². The summed E-state index contributed by atoms with van der Waals surface area (Å²) in [6, 6.07) is 0. The van der Waals surface area contributed by atoms with Crippen molar-refractivity contribution in [3.05, 3.63) is 0 Å². The number of rotatable bonds is 18. The molecule has 6 nitrogen and oxygen atoms in total. The molecule has 7 heteroatoms. The predicted octanol–water partition coefficient (Wildman–Crippen LogP) is 2.91. The molecule has 0 aromatic heterocycles. The van der Waals surface area contributed by atoms with E-state index in [-0.39, 0.29) is 27.7 Å². The number of carboxylic acid groups (broad SMARTS) is 3. The number of carboxylic acids is 3. The monoisotopic (exact) mass is 440 g/mol. The summed E-state index contributed by atoms with van der Waals surface area (Å²) in [6.07, 6.45) is 16.8. The smallest absolute Gasteiger partial charge is 0.550 e. The van der Waals surface area contributed by atoms with Crippen molar-refractivity contribution in [2.45, 2.75) is 136 Å². The van der Waals surface area contributed by atoms with Crippen LogP contribution in [0.1, 0.15) is 136 Å². The first-order valence-corrected chi connectivity index (χ1v) is 11.9. The molecule has 0 aliphatic rings. The van der Waals surface area contributed by atoms with Gasteiger partial charge in [-0.15, -0.1) is 0 Å². The summed E-state index contributed by atoms with van der Waals surface area (Å²) < 4.78 is 0. The number of hydrogen-bond donors (Lipinski definition) is 0. The fraction of sp³-hybridized carbons (Fsp3) is 0.875. The second-order valence-electron chi connectivity index (χ2n) is 7.61. The minimum atomic E-state index is -0.920. The van der Waals surface area contributed by atoms with E-state index in [9.17, 15) is 29.7 Å². The van der Waals surface area contributed by atoms with Crippen LogP contribution in [0.5, 0.6) is 0 Å². The third kappa shape index (κ3) is 52.6. The third-order valence-corrected chi connectivity index (χ3v) is 4.45. The average Bonchev–Trinajstić information content (AvgIpc) is 2.68. The van der Waals surface area contributed by atoms with E-state index < -0.39 is 17.9 Å². The molecule has 0 heterocycles. The van der Waals surface area contributed by atoms with Gasteiger partial charge in [0.25, 0.3) is 0 Å². The van der Waals surface area contributed by atoms with Crippen LogP contribution in [0.4, 0.5) is 0 Å². The zero-order valence-electron chi connectivity index (χ0n) is 20.3. The first kappa shape index (κ1) is 36.8. The Kier molecular flexibility index (Phi) is 39.3. The molecule has 0 aromatic rings. The van der Waals surface area contributed by atoms with Crippen molar-refractivity contribution in [1.29, 1.82) is 0 Å². The maximum Gasteiger partial charge on any atom is 3.00 e. The van der Waals surface area contributed by atoms with Crippen molar-refractivity contribution in [3.63, 3.8) is 0 Å². The minimum absolute atomic E-state index is 0. The van der Waals surface area contributed by atoms with Gasteiger partial charge in [0.2, 0.25) is 0 Å². The van der Waals surface area contributed by atoms with Crippen LogP contribution in [-0.2, 0) is 14.4 Å². The molecular formula is C24H45BO6. The Labute approximate surface area is 192 Å². The van der Waals surface area contributed by atoms with E-state index in [2.05, 4.69) is 20.8 Å². The fourth-order valence-electron chi connectivity index (χ4n) is 2.62. The molecule has 0 saturated carbocycles. The molecule has 0 aromatic carbocycles. The molecule has 0 N–H and O–H groups in total. The van der Waals surface area contributed by atoms with E-state index in [1.54, 1.807) is 0 Å². The fourth-order valence-corrected chi connectivity index (χ4v) is 2.62.